The first-order chi connectivity index (χ1) is 18.1. The Labute approximate surface area is 228 Å². The van der Waals surface area contributed by atoms with Crippen LogP contribution in [0.3, 0.4) is 0 Å². The number of unbranched alkanes of at least 4 members (excludes halogenated alkanes) is 12. The summed E-state index contributed by atoms with van der Waals surface area (Å²) in [6, 6.07) is 0. The number of allylic oxidation sites excluding steroid dienone is 2. The van der Waals surface area contributed by atoms with Gasteiger partial charge >= 0.3 is 0 Å². The summed E-state index contributed by atoms with van der Waals surface area (Å²) in [7, 11) is 10.1. The van der Waals surface area contributed by atoms with Crippen molar-refractivity contribution in [1.29, 1.82) is 0 Å². The third kappa shape index (κ3) is 22.9. The molecule has 0 aliphatic rings. The molecule has 0 saturated carbocycles. The molecule has 220 valence electrons. The van der Waals surface area contributed by atoms with Crippen LogP contribution in [0.5, 0.6) is 0 Å². The summed E-state index contributed by atoms with van der Waals surface area (Å²) in [5.41, 5.74) is 0. The molecule has 2 unspecified atom stereocenters. The first-order valence-electron chi connectivity index (χ1n) is 14.3. The molecule has 0 aliphatic carbocycles. The van der Waals surface area contributed by atoms with E-state index in [1.807, 2.05) is 12.2 Å². The van der Waals surface area contributed by atoms with Crippen molar-refractivity contribution in [1.82, 2.24) is 0 Å². The van der Waals surface area contributed by atoms with E-state index in [2.05, 4.69) is 12.2 Å². The summed E-state index contributed by atoms with van der Waals surface area (Å²) in [6.07, 6.45) is 26.0. The van der Waals surface area contributed by atoms with E-state index in [0.717, 1.165) is 38.5 Å². The molecule has 0 amide bonds. The molecule has 0 spiro atoms. The van der Waals surface area contributed by atoms with Gasteiger partial charge in [-0.3, -0.25) is 0 Å². The fraction of sp³-hybridized carbons (Fsp3) is 0.867. The van der Waals surface area contributed by atoms with Crippen LogP contribution < -0.4 is 0 Å². The van der Waals surface area contributed by atoms with Crippen LogP contribution in [-0.2, 0) is 33.2 Å². The van der Waals surface area contributed by atoms with Crippen LogP contribution in [0.15, 0.2) is 24.3 Å². The second-order valence-electron chi connectivity index (χ2n) is 9.40. The molecule has 0 N–H and O–H groups in total. The van der Waals surface area contributed by atoms with E-state index in [-0.39, 0.29) is 12.6 Å². The maximum absolute atomic E-state index is 5.91. The summed E-state index contributed by atoms with van der Waals surface area (Å²) < 4.78 is 37.7. The smallest absolute Gasteiger partial charge is 0.179 e. The maximum atomic E-state index is 5.91. The molecule has 0 aromatic carbocycles. The first-order valence-corrected chi connectivity index (χ1v) is 14.3. The summed E-state index contributed by atoms with van der Waals surface area (Å²) >= 11 is 0. The quantitative estimate of drug-likeness (QED) is 0.0588. The highest BCUT2D eigenvalue weighted by atomic mass is 16.8. The lowest BCUT2D eigenvalue weighted by Gasteiger charge is -2.18. The molecule has 0 saturated heterocycles. The molecule has 0 rings (SSSR count). The fourth-order valence-corrected chi connectivity index (χ4v) is 4.13. The highest BCUT2D eigenvalue weighted by Gasteiger charge is 2.10. The first kappa shape index (κ1) is 36.2. The standard InChI is InChI=1S/C30H58O7/c1-31-27(32-2)23-19-15-11-7-9-13-17-21-25-29(35-5)37-30(36-6)26-22-18-14-10-8-12-16-20-24-28(33-3)34-4/h21-22,25-30H,7-20,23-24H2,1-6H3. The lowest BCUT2D eigenvalue weighted by atomic mass is 10.1. The normalized spacial score (nSPS) is 14.1. The zero-order chi connectivity index (χ0) is 27.4. The van der Waals surface area contributed by atoms with Crippen molar-refractivity contribution in [2.45, 2.75) is 128 Å². The van der Waals surface area contributed by atoms with Gasteiger partial charge in [0.25, 0.3) is 0 Å². The lowest BCUT2D eigenvalue weighted by molar-refractivity contribution is -0.188. The van der Waals surface area contributed by atoms with Crippen LogP contribution in [0.1, 0.15) is 103 Å². The van der Waals surface area contributed by atoms with Gasteiger partial charge in [0.05, 0.1) is 0 Å². The summed E-state index contributed by atoms with van der Waals surface area (Å²) in [4.78, 5) is 0. The van der Waals surface area contributed by atoms with Crippen molar-refractivity contribution >= 4 is 0 Å². The minimum atomic E-state index is -0.403. The molecule has 0 aromatic heterocycles. The van der Waals surface area contributed by atoms with Gasteiger partial charge in [-0.05, 0) is 63.5 Å². The summed E-state index contributed by atoms with van der Waals surface area (Å²) in [5.74, 6) is 0. The molecule has 0 heterocycles. The van der Waals surface area contributed by atoms with Gasteiger partial charge in [-0.1, -0.05) is 63.5 Å². The second kappa shape index (κ2) is 28.2. The van der Waals surface area contributed by atoms with Gasteiger partial charge in [0.1, 0.15) is 0 Å². The molecule has 7 heteroatoms. The van der Waals surface area contributed by atoms with Crippen LogP contribution in [0.4, 0.5) is 0 Å². The third-order valence-corrected chi connectivity index (χ3v) is 6.49. The Morgan fingerprint density at radius 3 is 1.05 bits per heavy atom. The second-order valence-corrected chi connectivity index (χ2v) is 9.40. The van der Waals surface area contributed by atoms with Crippen molar-refractivity contribution in [3.63, 3.8) is 0 Å². The molecule has 7 nitrogen and oxygen atoms in total. The van der Waals surface area contributed by atoms with E-state index in [1.165, 1.54) is 64.2 Å². The minimum Gasteiger partial charge on any atom is -0.356 e. The Bertz CT molecular complexity index is 460. The van der Waals surface area contributed by atoms with Gasteiger partial charge in [0.2, 0.25) is 0 Å². The van der Waals surface area contributed by atoms with Crippen molar-refractivity contribution in [2.24, 2.45) is 0 Å². The van der Waals surface area contributed by atoms with Crippen molar-refractivity contribution in [3.05, 3.63) is 24.3 Å². The molecule has 0 aromatic rings. The number of methoxy groups -OCH3 is 6. The van der Waals surface area contributed by atoms with Crippen LogP contribution in [0, 0.1) is 0 Å². The Hall–Kier alpha value is -0.800. The highest BCUT2D eigenvalue weighted by Crippen LogP contribution is 2.14. The zero-order valence-electron chi connectivity index (χ0n) is 24.8. The maximum Gasteiger partial charge on any atom is 0.179 e. The van der Waals surface area contributed by atoms with E-state index in [1.54, 1.807) is 42.7 Å². The summed E-state index contributed by atoms with van der Waals surface area (Å²) in [6.45, 7) is 0. The van der Waals surface area contributed by atoms with E-state index in [4.69, 9.17) is 33.2 Å². The average molecular weight is 531 g/mol. The topological polar surface area (TPSA) is 64.6 Å². The van der Waals surface area contributed by atoms with Crippen LogP contribution in [0.2, 0.25) is 0 Å². The largest absolute Gasteiger partial charge is 0.356 e. The Kier molecular flexibility index (Phi) is 27.6. The van der Waals surface area contributed by atoms with E-state index >= 15 is 0 Å². The molecular formula is C30H58O7. The van der Waals surface area contributed by atoms with Crippen LogP contribution in [0.25, 0.3) is 0 Å². The van der Waals surface area contributed by atoms with E-state index < -0.39 is 12.6 Å². The van der Waals surface area contributed by atoms with E-state index in [0.29, 0.717) is 0 Å². The Balaban J connectivity index is 3.83. The molecule has 0 bridgehead atoms. The average Bonchev–Trinajstić information content (AvgIpc) is 2.93. The number of hydrogen-bond donors (Lipinski definition) is 0. The Morgan fingerprint density at radius 1 is 0.405 bits per heavy atom. The third-order valence-electron chi connectivity index (χ3n) is 6.49. The molecule has 37 heavy (non-hydrogen) atoms. The van der Waals surface area contributed by atoms with Crippen molar-refractivity contribution in [2.75, 3.05) is 42.7 Å². The van der Waals surface area contributed by atoms with Gasteiger partial charge in [-0.2, -0.15) is 0 Å². The summed E-state index contributed by atoms with van der Waals surface area (Å²) in [5, 5.41) is 0. The van der Waals surface area contributed by atoms with Crippen LogP contribution >= 0.6 is 0 Å². The monoisotopic (exact) mass is 530 g/mol. The van der Waals surface area contributed by atoms with Gasteiger partial charge < -0.3 is 33.2 Å². The Morgan fingerprint density at radius 2 is 0.730 bits per heavy atom. The molecule has 0 aliphatic heterocycles. The fourth-order valence-electron chi connectivity index (χ4n) is 4.13. The van der Waals surface area contributed by atoms with Gasteiger partial charge in [0.15, 0.2) is 25.2 Å². The SMILES string of the molecule is COC(C=CCCCCCCCCC(OC)OC)OC(C=CCCCCCCCCC(OC)OC)OC. The predicted molar refractivity (Wildman–Crippen MR) is 150 cm³/mol. The number of hydrogen-bond acceptors (Lipinski definition) is 7. The number of ether oxygens (including phenoxy) is 7. The molecule has 0 radical (unpaired) electrons. The number of rotatable bonds is 28. The van der Waals surface area contributed by atoms with Gasteiger partial charge in [0, 0.05) is 42.7 Å². The van der Waals surface area contributed by atoms with E-state index in [9.17, 15) is 0 Å². The highest BCUT2D eigenvalue weighted by molar-refractivity contribution is 4.89. The van der Waals surface area contributed by atoms with Crippen molar-refractivity contribution < 1.29 is 33.2 Å². The molecule has 0 fully saturated rings. The van der Waals surface area contributed by atoms with Crippen LogP contribution in [-0.4, -0.2) is 67.8 Å². The van der Waals surface area contributed by atoms with Crippen molar-refractivity contribution in [3.8, 4) is 0 Å². The lowest BCUT2D eigenvalue weighted by Crippen LogP contribution is -2.22. The van der Waals surface area contributed by atoms with Gasteiger partial charge in [-0.15, -0.1) is 0 Å². The molecular weight excluding hydrogens is 472 g/mol. The minimum absolute atomic E-state index is 0.0587. The predicted octanol–water partition coefficient (Wildman–Crippen LogP) is 7.54. The van der Waals surface area contributed by atoms with Gasteiger partial charge in [-0.25, -0.2) is 0 Å². The molecule has 2 atom stereocenters. The zero-order valence-corrected chi connectivity index (χ0v) is 24.8.